The molecule has 98 heavy (non-hydrogen) atoms. The molecule has 11 atom stereocenters. The number of sulfonamides is 1. The van der Waals surface area contributed by atoms with Gasteiger partial charge in [0.1, 0.15) is 28.4 Å². The first-order valence-corrected chi connectivity index (χ1v) is 38.7. The highest BCUT2D eigenvalue weighted by molar-refractivity contribution is 7.92. The van der Waals surface area contributed by atoms with E-state index in [0.29, 0.717) is 38.8 Å². The molecule has 0 bridgehead atoms. The number of likely N-dealkylation sites (N-methyl/N-ethyl adjacent to an activating group) is 1. The predicted octanol–water partition coefficient (Wildman–Crippen LogP) is 5.87. The number of nitrogens with one attached hydrogen (secondary N) is 7. The molecule has 4 saturated carbocycles. The van der Waals surface area contributed by atoms with Gasteiger partial charge >= 0.3 is 12.1 Å². The molecule has 4 aliphatic carbocycles. The molecule has 6 fully saturated rings. The van der Waals surface area contributed by atoms with Crippen LogP contribution in [0.2, 0.25) is 0 Å². The number of rotatable bonds is 26. The van der Waals surface area contributed by atoms with Crippen molar-refractivity contribution in [3.8, 4) is 12.3 Å². The van der Waals surface area contributed by atoms with Crippen LogP contribution in [-0.4, -0.2) is 182 Å². The minimum absolute atomic E-state index is 0.00490. The summed E-state index contributed by atoms with van der Waals surface area (Å²) in [4.78, 5) is 138. The van der Waals surface area contributed by atoms with Gasteiger partial charge in [-0.2, -0.15) is 4.31 Å². The zero-order valence-corrected chi connectivity index (χ0v) is 62.4. The number of thiophene rings is 1. The van der Waals surface area contributed by atoms with Gasteiger partial charge in [0.25, 0.3) is 21.8 Å². The predicted molar refractivity (Wildman–Crippen MR) is 376 cm³/mol. The molecule has 548 valence electrons. The number of carbonyl (C=O) groups excluding carboxylic acids is 10. The average molecular weight is 1430 g/mol. The average Bonchev–Trinajstić information content (AvgIpc) is 1.58. The monoisotopic (exact) mass is 1430 g/mol. The second-order valence-electron chi connectivity index (χ2n) is 32.2. The molecule has 6 aliphatic rings. The van der Waals surface area contributed by atoms with E-state index in [1.807, 2.05) is 62.3 Å². The minimum atomic E-state index is -3.77. The number of fused-ring (bicyclic) bond motifs is 2. The third-order valence-electron chi connectivity index (χ3n) is 20.7. The maximum Gasteiger partial charge on any atom is 0.315 e. The van der Waals surface area contributed by atoms with Crippen molar-refractivity contribution >= 4 is 90.3 Å². The molecule has 1 aromatic rings. The summed E-state index contributed by atoms with van der Waals surface area (Å²) in [7, 11) is -5.87. The Morgan fingerprint density at radius 2 is 1.20 bits per heavy atom. The van der Waals surface area contributed by atoms with E-state index in [9.17, 15) is 64.8 Å². The van der Waals surface area contributed by atoms with Crippen LogP contribution in [0.5, 0.6) is 0 Å². The lowest BCUT2D eigenvalue weighted by Crippen LogP contribution is -2.64. The zero-order chi connectivity index (χ0) is 73.3. The van der Waals surface area contributed by atoms with E-state index < -0.39 is 148 Å². The van der Waals surface area contributed by atoms with Crippen molar-refractivity contribution in [3.05, 3.63) is 30.2 Å². The lowest BCUT2D eigenvalue weighted by Gasteiger charge is -2.41. The van der Waals surface area contributed by atoms with Crippen LogP contribution in [0.3, 0.4) is 0 Å². The molecule has 2 saturated heterocycles. The largest absolute Gasteiger partial charge is 0.363 e. The summed E-state index contributed by atoms with van der Waals surface area (Å²) >= 11 is 1.12. The van der Waals surface area contributed by atoms with Crippen LogP contribution in [-0.2, 0) is 58.2 Å². The standard InChI is InChI=1S/C36H57N5O7S.C34H54N6O7S2/c1-9-11-18-26(28(42)31(44)37-21-10-2)38-30(43)27-25-17-15-16-24(25)22-41(27)32(45)29(34(3,4)5)39-33(46)40-36(19-13-12-14-20-36)23-49(47,48)35(6,7)8;1-33(2,3)24(19-39(7)49(46,47)25-15-10-16-48-25)37-32(45)38-28(34(4,5)6)31(44)40-18-21-13-9-14-22(21)26(40)30(43)36-23(27(41)29(35)42)17-20-11-8-12-20/h1,10,24-27,29H,2,11-23H2,3-8H3,(H,37,44)(H,38,43)(H2,39,40,46);10,15-16,20-24,26,28H,8-9,11-14,17-19H2,1-7H3,(H2,35,42)(H,36,43)(H2,37,38,45)/t24-,25-,26?,27-,29+;21-,22-,23?,24+,26-,28+/m00/s1. The number of urea groups is 2. The van der Waals surface area contributed by atoms with Crippen molar-refractivity contribution in [2.75, 3.05) is 39.0 Å². The Morgan fingerprint density at radius 1 is 0.694 bits per heavy atom. The summed E-state index contributed by atoms with van der Waals surface area (Å²) in [6.45, 7) is 25.8. The molecule has 2 unspecified atom stereocenters. The summed E-state index contributed by atoms with van der Waals surface area (Å²) in [5, 5.41) is 21.3. The number of carbonyl (C=O) groups is 10. The molecular formula is C70H111N11O14S3. The van der Waals surface area contributed by atoms with E-state index in [4.69, 9.17) is 12.2 Å². The van der Waals surface area contributed by atoms with E-state index in [2.05, 4.69) is 49.7 Å². The van der Waals surface area contributed by atoms with E-state index in [0.717, 1.165) is 82.0 Å². The number of nitrogens with two attached hydrogens (primary N) is 1. The maximum atomic E-state index is 14.5. The SMILES string of the molecule is C#CCCC(NC(=O)[C@@H]1[C@H]2CCC[C@H]2CN1C(=O)[C@@H](NC(=O)NC1(CS(=O)(=O)C(C)(C)C)CCCCC1)C(C)(C)C)C(=O)C(=O)NCC=C.CN(C[C@@H](NC(=O)N[C@H](C(=O)N1C[C@@H]2CCC[C@@H]2[C@H]1C(=O)NC(CC1CCC1)C(=O)C(N)=O)C(C)(C)C)C(C)(C)C)S(=O)(=O)c1cccs1. The van der Waals surface area contributed by atoms with Gasteiger partial charge < -0.3 is 52.8 Å². The first kappa shape index (κ1) is 80.5. The van der Waals surface area contributed by atoms with Crippen LogP contribution in [0, 0.1) is 58.2 Å². The molecule has 2 aliphatic heterocycles. The number of amides is 10. The molecule has 1 aromatic heterocycles. The van der Waals surface area contributed by atoms with Gasteiger partial charge in [0.15, 0.2) is 9.84 Å². The number of hydrogen-bond acceptors (Lipinski definition) is 15. The van der Waals surface area contributed by atoms with Gasteiger partial charge in [0.2, 0.25) is 35.2 Å². The number of primary amides is 1. The lowest BCUT2D eigenvalue weighted by molar-refractivity contribution is -0.144. The van der Waals surface area contributed by atoms with Crippen molar-refractivity contribution in [1.82, 2.24) is 51.3 Å². The van der Waals surface area contributed by atoms with Crippen molar-refractivity contribution in [1.29, 1.82) is 0 Å². The number of ketones is 2. The summed E-state index contributed by atoms with van der Waals surface area (Å²) in [5.74, 6) is -3.16. The molecule has 28 heteroatoms. The van der Waals surface area contributed by atoms with Crippen LogP contribution < -0.4 is 43.0 Å². The van der Waals surface area contributed by atoms with Crippen LogP contribution in [0.25, 0.3) is 0 Å². The number of sulfone groups is 1. The third-order valence-corrected chi connectivity index (χ3v) is 26.7. The van der Waals surface area contributed by atoms with E-state index in [1.54, 1.807) is 32.2 Å². The molecule has 0 spiro atoms. The molecule has 9 N–H and O–H groups in total. The Labute approximate surface area is 585 Å². The number of likely N-dealkylation sites (tertiary alicyclic amines) is 2. The zero-order valence-electron chi connectivity index (χ0n) is 59.9. The Bertz CT molecular complexity index is 3350. The summed E-state index contributed by atoms with van der Waals surface area (Å²) in [6.07, 6.45) is 18.7. The fourth-order valence-corrected chi connectivity index (χ4v) is 18.5. The first-order valence-electron chi connectivity index (χ1n) is 34.8. The summed E-state index contributed by atoms with van der Waals surface area (Å²) < 4.78 is 53.3. The van der Waals surface area contributed by atoms with Gasteiger partial charge in [-0.3, -0.25) is 38.4 Å². The van der Waals surface area contributed by atoms with E-state index in [1.165, 1.54) is 33.3 Å². The van der Waals surface area contributed by atoms with Crippen molar-refractivity contribution in [3.63, 3.8) is 0 Å². The fraction of sp³-hybridized carbons (Fsp3) is 0.743. The number of Topliss-reactive ketones (excluding diaryl/α,β-unsaturated/α-hetero) is 2. The molecule has 0 aromatic carbocycles. The second kappa shape index (κ2) is 32.9. The summed E-state index contributed by atoms with van der Waals surface area (Å²) in [6, 6.07) is -4.78. The molecule has 7 rings (SSSR count). The van der Waals surface area contributed by atoms with Gasteiger partial charge in [-0.1, -0.05) is 126 Å². The highest BCUT2D eigenvalue weighted by Crippen LogP contribution is 2.45. The van der Waals surface area contributed by atoms with Gasteiger partial charge in [-0.25, -0.2) is 26.4 Å². The van der Waals surface area contributed by atoms with Crippen LogP contribution in [0.4, 0.5) is 9.59 Å². The van der Waals surface area contributed by atoms with Gasteiger partial charge in [0.05, 0.1) is 28.1 Å². The maximum absolute atomic E-state index is 14.5. The smallest absolute Gasteiger partial charge is 0.315 e. The number of terminal acetylenes is 1. The quantitative estimate of drug-likeness (QED) is 0.0306. The lowest BCUT2D eigenvalue weighted by atomic mass is 9.80. The number of hydrogen-bond donors (Lipinski definition) is 8. The highest BCUT2D eigenvalue weighted by Gasteiger charge is 2.55. The fourth-order valence-electron chi connectivity index (χ4n) is 14.6. The van der Waals surface area contributed by atoms with Crippen LogP contribution in [0.15, 0.2) is 34.4 Å². The minimum Gasteiger partial charge on any atom is -0.363 e. The molecular weight excluding hydrogens is 1320 g/mol. The Morgan fingerprint density at radius 3 is 1.64 bits per heavy atom. The highest BCUT2D eigenvalue weighted by atomic mass is 32.2. The number of nitrogens with zero attached hydrogens (tertiary/aromatic N) is 3. The van der Waals surface area contributed by atoms with Crippen molar-refractivity contribution in [2.45, 2.75) is 249 Å². The van der Waals surface area contributed by atoms with Gasteiger partial charge in [-0.15, -0.1) is 30.3 Å². The van der Waals surface area contributed by atoms with Crippen molar-refractivity contribution < 1.29 is 64.8 Å². The summed E-state index contributed by atoms with van der Waals surface area (Å²) in [5.41, 5.74) is 2.28. The topological polar surface area (TPSA) is 359 Å². The second-order valence-corrected chi connectivity index (χ2v) is 38.2. The van der Waals surface area contributed by atoms with Crippen LogP contribution >= 0.6 is 11.3 Å². The molecule has 25 nitrogen and oxygen atoms in total. The van der Waals surface area contributed by atoms with Gasteiger partial charge in [0, 0.05) is 45.7 Å². The Hall–Kier alpha value is -6.44. The molecule has 10 amide bonds. The first-order chi connectivity index (χ1) is 45.5. The normalized spacial score (nSPS) is 23.3. The Balaban J connectivity index is 0.000000309. The Kier molecular flexibility index (Phi) is 27.0. The third kappa shape index (κ3) is 20.2. The van der Waals surface area contributed by atoms with E-state index >= 15 is 0 Å². The van der Waals surface area contributed by atoms with Crippen molar-refractivity contribution in [2.24, 2.45) is 51.6 Å². The molecule has 0 radical (unpaired) electrons. The van der Waals surface area contributed by atoms with E-state index in [-0.39, 0.29) is 65.5 Å². The molecule has 3 heterocycles. The van der Waals surface area contributed by atoms with Crippen LogP contribution in [0.1, 0.15) is 192 Å². The van der Waals surface area contributed by atoms with Gasteiger partial charge in [-0.05, 0) is 129 Å².